The molecule has 26 heavy (non-hydrogen) atoms. The zero-order valence-electron chi connectivity index (χ0n) is 15.6. The van der Waals surface area contributed by atoms with Crippen molar-refractivity contribution >= 4 is 5.97 Å². The van der Waals surface area contributed by atoms with Gasteiger partial charge >= 0.3 is 5.97 Å². The van der Waals surface area contributed by atoms with E-state index in [4.69, 9.17) is 14.6 Å². The van der Waals surface area contributed by atoms with Crippen LogP contribution in [0.2, 0.25) is 0 Å². The number of benzene rings is 2. The lowest BCUT2D eigenvalue weighted by molar-refractivity contribution is -0.0594. The highest BCUT2D eigenvalue weighted by Crippen LogP contribution is 2.24. The Morgan fingerprint density at radius 1 is 0.923 bits per heavy atom. The SMILES string of the molecule is CCCCCCCC(OC)Oc1ccc(-c2ccc(C(=O)O)cc2)cc1. The molecule has 0 spiro atoms. The summed E-state index contributed by atoms with van der Waals surface area (Å²) >= 11 is 0. The number of methoxy groups -OCH3 is 1. The Hall–Kier alpha value is -2.33. The summed E-state index contributed by atoms with van der Waals surface area (Å²) in [5, 5.41) is 8.97. The molecule has 1 atom stereocenters. The molecule has 0 saturated heterocycles. The predicted octanol–water partition coefficient (Wildman–Crippen LogP) is 5.76. The molecule has 0 radical (unpaired) electrons. The van der Waals surface area contributed by atoms with Crippen molar-refractivity contribution in [1.82, 2.24) is 0 Å². The van der Waals surface area contributed by atoms with Crippen LogP contribution >= 0.6 is 0 Å². The van der Waals surface area contributed by atoms with Gasteiger partial charge in [0.25, 0.3) is 0 Å². The van der Waals surface area contributed by atoms with E-state index < -0.39 is 5.97 Å². The van der Waals surface area contributed by atoms with Crippen LogP contribution in [-0.2, 0) is 4.74 Å². The number of hydrogen-bond donors (Lipinski definition) is 1. The summed E-state index contributed by atoms with van der Waals surface area (Å²) in [5.74, 6) is -0.142. The van der Waals surface area contributed by atoms with Crippen molar-refractivity contribution in [3.05, 3.63) is 54.1 Å². The molecule has 2 aromatic carbocycles. The molecule has 0 bridgehead atoms. The second kappa shape index (κ2) is 10.6. The summed E-state index contributed by atoms with van der Waals surface area (Å²) < 4.78 is 11.3. The summed E-state index contributed by atoms with van der Waals surface area (Å²) in [4.78, 5) is 10.9. The van der Waals surface area contributed by atoms with Crippen LogP contribution in [0.25, 0.3) is 11.1 Å². The molecule has 1 N–H and O–H groups in total. The largest absolute Gasteiger partial charge is 0.478 e. The van der Waals surface area contributed by atoms with Gasteiger partial charge in [0.1, 0.15) is 5.75 Å². The quantitative estimate of drug-likeness (QED) is 0.410. The Morgan fingerprint density at radius 2 is 1.50 bits per heavy atom. The second-order valence-corrected chi connectivity index (χ2v) is 6.39. The summed E-state index contributed by atoms with van der Waals surface area (Å²) in [6.45, 7) is 2.21. The second-order valence-electron chi connectivity index (χ2n) is 6.39. The Bertz CT molecular complexity index is 662. The average Bonchev–Trinajstić information content (AvgIpc) is 2.67. The molecule has 0 aliphatic carbocycles. The minimum absolute atomic E-state index is 0.225. The van der Waals surface area contributed by atoms with Gasteiger partial charge < -0.3 is 14.6 Å². The first-order chi connectivity index (χ1) is 12.6. The maximum Gasteiger partial charge on any atom is 0.335 e. The number of carboxylic acids is 1. The monoisotopic (exact) mass is 356 g/mol. The van der Waals surface area contributed by atoms with Crippen molar-refractivity contribution in [2.45, 2.75) is 51.7 Å². The highest BCUT2D eigenvalue weighted by Gasteiger charge is 2.09. The average molecular weight is 356 g/mol. The van der Waals surface area contributed by atoms with E-state index >= 15 is 0 Å². The van der Waals surface area contributed by atoms with E-state index in [0.717, 1.165) is 29.7 Å². The van der Waals surface area contributed by atoms with Crippen LogP contribution in [0.5, 0.6) is 5.75 Å². The van der Waals surface area contributed by atoms with E-state index in [2.05, 4.69) is 6.92 Å². The molecular weight excluding hydrogens is 328 g/mol. The van der Waals surface area contributed by atoms with Crippen LogP contribution in [0.3, 0.4) is 0 Å². The lowest BCUT2D eigenvalue weighted by Gasteiger charge is -2.17. The highest BCUT2D eigenvalue weighted by molar-refractivity contribution is 5.88. The van der Waals surface area contributed by atoms with Gasteiger partial charge in [-0.25, -0.2) is 4.79 Å². The fourth-order valence-electron chi connectivity index (χ4n) is 2.82. The number of rotatable bonds is 11. The first-order valence-corrected chi connectivity index (χ1v) is 9.27. The summed E-state index contributed by atoms with van der Waals surface area (Å²) in [5.41, 5.74) is 2.28. The van der Waals surface area contributed by atoms with Crippen LogP contribution < -0.4 is 4.74 Å². The van der Waals surface area contributed by atoms with E-state index in [0.29, 0.717) is 0 Å². The molecule has 4 heteroatoms. The van der Waals surface area contributed by atoms with Gasteiger partial charge in [-0.1, -0.05) is 56.9 Å². The molecule has 0 heterocycles. The van der Waals surface area contributed by atoms with Crippen molar-refractivity contribution in [1.29, 1.82) is 0 Å². The Labute approximate surface area is 155 Å². The number of ether oxygens (including phenoxy) is 2. The molecule has 4 nitrogen and oxygen atoms in total. The molecule has 1 unspecified atom stereocenters. The minimum Gasteiger partial charge on any atom is -0.478 e. The van der Waals surface area contributed by atoms with Crippen molar-refractivity contribution in [3.8, 4) is 16.9 Å². The summed E-state index contributed by atoms with van der Waals surface area (Å²) in [7, 11) is 1.68. The maximum absolute atomic E-state index is 10.9. The third-order valence-corrected chi connectivity index (χ3v) is 4.39. The Morgan fingerprint density at radius 3 is 2.04 bits per heavy atom. The van der Waals surface area contributed by atoms with Crippen LogP contribution in [0, 0.1) is 0 Å². The number of carboxylic acid groups (broad SMARTS) is 1. The zero-order valence-corrected chi connectivity index (χ0v) is 15.6. The highest BCUT2D eigenvalue weighted by atomic mass is 16.7. The number of hydrogen-bond acceptors (Lipinski definition) is 3. The molecule has 0 aromatic heterocycles. The lowest BCUT2D eigenvalue weighted by Crippen LogP contribution is -2.18. The fraction of sp³-hybridized carbons (Fsp3) is 0.409. The normalized spacial score (nSPS) is 11.9. The van der Waals surface area contributed by atoms with Crippen molar-refractivity contribution in [3.63, 3.8) is 0 Å². The van der Waals surface area contributed by atoms with Crippen molar-refractivity contribution in [2.75, 3.05) is 7.11 Å². The molecule has 140 valence electrons. The van der Waals surface area contributed by atoms with E-state index in [-0.39, 0.29) is 11.9 Å². The van der Waals surface area contributed by atoms with Crippen LogP contribution in [0.1, 0.15) is 55.8 Å². The van der Waals surface area contributed by atoms with E-state index in [1.54, 1.807) is 19.2 Å². The van der Waals surface area contributed by atoms with Gasteiger partial charge in [0.15, 0.2) is 6.29 Å². The standard InChI is InChI=1S/C22H28O4/c1-3-4-5-6-7-8-21(25-2)26-20-15-13-18(14-16-20)17-9-11-19(12-10-17)22(23)24/h9-16,21H,3-8H2,1-2H3,(H,23,24). The van der Waals surface area contributed by atoms with Gasteiger partial charge in [-0.3, -0.25) is 0 Å². The molecule has 0 amide bonds. The van der Waals surface area contributed by atoms with Gasteiger partial charge in [0, 0.05) is 13.5 Å². The summed E-state index contributed by atoms with van der Waals surface area (Å²) in [6, 6.07) is 14.6. The van der Waals surface area contributed by atoms with Crippen LogP contribution in [0.15, 0.2) is 48.5 Å². The molecule has 2 rings (SSSR count). The first kappa shape index (κ1) is 20.0. The number of unbranched alkanes of at least 4 members (excludes halogenated alkanes) is 4. The summed E-state index contributed by atoms with van der Waals surface area (Å²) in [6.07, 6.45) is 6.77. The predicted molar refractivity (Wildman–Crippen MR) is 104 cm³/mol. The first-order valence-electron chi connectivity index (χ1n) is 9.27. The minimum atomic E-state index is -0.916. The van der Waals surface area contributed by atoms with E-state index in [9.17, 15) is 4.79 Å². The molecule has 0 fully saturated rings. The fourth-order valence-corrected chi connectivity index (χ4v) is 2.82. The molecule has 2 aromatic rings. The van der Waals surface area contributed by atoms with Crippen molar-refractivity contribution in [2.24, 2.45) is 0 Å². The topological polar surface area (TPSA) is 55.8 Å². The van der Waals surface area contributed by atoms with E-state index in [1.165, 1.54) is 25.7 Å². The van der Waals surface area contributed by atoms with Gasteiger partial charge in [-0.05, 0) is 41.8 Å². The third kappa shape index (κ3) is 6.19. The number of carbonyl (C=O) groups is 1. The molecular formula is C22H28O4. The third-order valence-electron chi connectivity index (χ3n) is 4.39. The van der Waals surface area contributed by atoms with Gasteiger partial charge in [-0.15, -0.1) is 0 Å². The van der Waals surface area contributed by atoms with Gasteiger partial charge in [-0.2, -0.15) is 0 Å². The maximum atomic E-state index is 10.9. The van der Waals surface area contributed by atoms with Crippen LogP contribution in [0.4, 0.5) is 0 Å². The van der Waals surface area contributed by atoms with E-state index in [1.807, 2.05) is 36.4 Å². The van der Waals surface area contributed by atoms with Crippen LogP contribution in [-0.4, -0.2) is 24.5 Å². The molecule has 0 aliphatic rings. The van der Waals surface area contributed by atoms with Gasteiger partial charge in [0.05, 0.1) is 5.56 Å². The Kier molecular flexibility index (Phi) is 8.16. The zero-order chi connectivity index (χ0) is 18.8. The lowest BCUT2D eigenvalue weighted by atomic mass is 10.0. The number of aromatic carboxylic acids is 1. The van der Waals surface area contributed by atoms with Gasteiger partial charge in [0.2, 0.25) is 0 Å². The Balaban J connectivity index is 1.90. The molecule has 0 saturated carbocycles. The molecule has 0 aliphatic heterocycles. The smallest absolute Gasteiger partial charge is 0.335 e. The van der Waals surface area contributed by atoms with Crippen molar-refractivity contribution < 1.29 is 19.4 Å².